The second-order valence-corrected chi connectivity index (χ2v) is 4.78. The van der Waals surface area contributed by atoms with Crippen LogP contribution < -0.4 is 10.6 Å². The molecule has 0 bridgehead atoms. The van der Waals surface area contributed by atoms with Crippen LogP contribution in [0.3, 0.4) is 0 Å². The van der Waals surface area contributed by atoms with Gasteiger partial charge in [0, 0.05) is 13.7 Å². The normalized spacial score (nSPS) is 12.6. The van der Waals surface area contributed by atoms with Crippen molar-refractivity contribution >= 4 is 23.4 Å². The summed E-state index contributed by atoms with van der Waals surface area (Å²) in [4.78, 5) is 8.45. The van der Waals surface area contributed by atoms with Crippen LogP contribution in [0.25, 0.3) is 0 Å². The molecular formula is C12H21ClN4O. The number of halogens is 1. The fraction of sp³-hybridized carbons (Fsp3) is 0.667. The van der Waals surface area contributed by atoms with Gasteiger partial charge in [0.1, 0.15) is 5.02 Å². The Labute approximate surface area is 113 Å². The molecule has 5 nitrogen and oxygen atoms in total. The lowest BCUT2D eigenvalue weighted by Crippen LogP contribution is -2.31. The molecule has 0 saturated carbocycles. The number of nitrogens with one attached hydrogen (secondary N) is 2. The van der Waals surface area contributed by atoms with Gasteiger partial charge in [-0.2, -0.15) is 4.98 Å². The molecule has 1 rings (SSSR count). The van der Waals surface area contributed by atoms with E-state index in [0.717, 1.165) is 6.54 Å². The minimum absolute atomic E-state index is 0.164. The summed E-state index contributed by atoms with van der Waals surface area (Å²) in [5.74, 6) is 1.63. The maximum absolute atomic E-state index is 6.09. The predicted molar refractivity (Wildman–Crippen MR) is 75.3 cm³/mol. The maximum atomic E-state index is 6.09. The first kappa shape index (κ1) is 15.0. The smallest absolute Gasteiger partial charge is 0.224 e. The molecule has 0 aliphatic rings. The summed E-state index contributed by atoms with van der Waals surface area (Å²) in [7, 11) is 1.68. The zero-order valence-electron chi connectivity index (χ0n) is 11.3. The Balaban J connectivity index is 2.83. The Hall–Kier alpha value is -1.07. The highest BCUT2D eigenvalue weighted by Crippen LogP contribution is 2.21. The van der Waals surface area contributed by atoms with E-state index in [1.54, 1.807) is 13.3 Å². The van der Waals surface area contributed by atoms with Gasteiger partial charge in [-0.15, -0.1) is 0 Å². The third kappa shape index (κ3) is 4.31. The van der Waals surface area contributed by atoms with Gasteiger partial charge in [-0.1, -0.05) is 25.4 Å². The van der Waals surface area contributed by atoms with E-state index in [-0.39, 0.29) is 6.04 Å². The highest BCUT2D eigenvalue weighted by Gasteiger charge is 2.15. The van der Waals surface area contributed by atoms with Gasteiger partial charge in [-0.05, 0) is 12.8 Å². The number of rotatable bonds is 7. The molecule has 1 atom stereocenters. The maximum Gasteiger partial charge on any atom is 0.224 e. The van der Waals surface area contributed by atoms with Crippen molar-refractivity contribution in [1.82, 2.24) is 9.97 Å². The fourth-order valence-electron chi connectivity index (χ4n) is 1.47. The van der Waals surface area contributed by atoms with E-state index in [2.05, 4.69) is 34.4 Å². The van der Waals surface area contributed by atoms with Gasteiger partial charge >= 0.3 is 0 Å². The Morgan fingerprint density at radius 2 is 2.17 bits per heavy atom. The van der Waals surface area contributed by atoms with E-state index >= 15 is 0 Å². The minimum atomic E-state index is 0.164. The molecule has 0 radical (unpaired) electrons. The topological polar surface area (TPSA) is 59.1 Å². The summed E-state index contributed by atoms with van der Waals surface area (Å²) < 4.78 is 5.19. The van der Waals surface area contributed by atoms with Crippen molar-refractivity contribution < 1.29 is 4.74 Å². The molecule has 0 aliphatic carbocycles. The van der Waals surface area contributed by atoms with Gasteiger partial charge in [0.2, 0.25) is 5.95 Å². The lowest BCUT2D eigenvalue weighted by atomic mass is 10.1. The Morgan fingerprint density at radius 3 is 2.72 bits per heavy atom. The summed E-state index contributed by atoms with van der Waals surface area (Å²) in [6, 6.07) is 0.164. The average molecular weight is 273 g/mol. The summed E-state index contributed by atoms with van der Waals surface area (Å²) in [5, 5.41) is 6.87. The molecule has 1 aromatic rings. The summed E-state index contributed by atoms with van der Waals surface area (Å²) in [5.41, 5.74) is 0. The van der Waals surface area contributed by atoms with Crippen LogP contribution in [0, 0.1) is 5.92 Å². The van der Waals surface area contributed by atoms with Crippen molar-refractivity contribution in [3.63, 3.8) is 0 Å². The molecule has 6 heteroatoms. The molecule has 1 aromatic heterocycles. The summed E-state index contributed by atoms with van der Waals surface area (Å²) >= 11 is 6.09. The average Bonchev–Trinajstić information content (AvgIpc) is 2.33. The first-order valence-corrected chi connectivity index (χ1v) is 6.48. The SMILES string of the molecule is CCNc1ncc(Cl)c(NC(COC)C(C)C)n1. The van der Waals surface area contributed by atoms with Gasteiger partial charge in [-0.3, -0.25) is 0 Å². The minimum Gasteiger partial charge on any atom is -0.383 e. The molecule has 0 spiro atoms. The molecule has 1 heterocycles. The van der Waals surface area contributed by atoms with Crippen molar-refractivity contribution in [1.29, 1.82) is 0 Å². The monoisotopic (exact) mass is 272 g/mol. The molecule has 18 heavy (non-hydrogen) atoms. The van der Waals surface area contributed by atoms with E-state index in [9.17, 15) is 0 Å². The van der Waals surface area contributed by atoms with Crippen molar-refractivity contribution in [2.45, 2.75) is 26.8 Å². The van der Waals surface area contributed by atoms with Gasteiger partial charge in [0.15, 0.2) is 5.82 Å². The van der Waals surface area contributed by atoms with Gasteiger partial charge in [-0.25, -0.2) is 4.98 Å². The first-order valence-electron chi connectivity index (χ1n) is 6.10. The molecule has 0 fully saturated rings. The van der Waals surface area contributed by atoms with Gasteiger partial charge < -0.3 is 15.4 Å². The van der Waals surface area contributed by atoms with Gasteiger partial charge in [0.25, 0.3) is 0 Å². The first-order chi connectivity index (χ1) is 8.58. The molecular weight excluding hydrogens is 252 g/mol. The third-order valence-electron chi connectivity index (χ3n) is 2.55. The van der Waals surface area contributed by atoms with Crippen molar-refractivity contribution in [2.75, 3.05) is 30.9 Å². The number of anilines is 2. The van der Waals surface area contributed by atoms with Crippen LogP contribution in [0.2, 0.25) is 5.02 Å². The zero-order valence-corrected chi connectivity index (χ0v) is 12.1. The van der Waals surface area contributed by atoms with Crippen LogP contribution in [0.1, 0.15) is 20.8 Å². The largest absolute Gasteiger partial charge is 0.383 e. The fourth-order valence-corrected chi connectivity index (χ4v) is 1.61. The van der Waals surface area contributed by atoms with E-state index in [1.807, 2.05) is 6.92 Å². The second kappa shape index (κ2) is 7.38. The van der Waals surface area contributed by atoms with Crippen LogP contribution in [0.15, 0.2) is 6.20 Å². The quantitative estimate of drug-likeness (QED) is 0.799. The summed E-state index contributed by atoms with van der Waals surface area (Å²) in [6.07, 6.45) is 1.60. The van der Waals surface area contributed by atoms with Gasteiger partial charge in [0.05, 0.1) is 18.8 Å². The standard InChI is InChI=1S/C12H21ClN4O/c1-5-14-12-15-6-9(13)11(17-12)16-10(7-18-4)8(2)3/h6,8,10H,5,7H2,1-4H3,(H2,14,15,16,17). The van der Waals surface area contributed by atoms with E-state index in [4.69, 9.17) is 16.3 Å². The molecule has 1 unspecified atom stereocenters. The molecule has 2 N–H and O–H groups in total. The number of methoxy groups -OCH3 is 1. The van der Waals surface area contributed by atoms with E-state index < -0.39 is 0 Å². The lowest BCUT2D eigenvalue weighted by Gasteiger charge is -2.22. The zero-order chi connectivity index (χ0) is 13.5. The molecule has 0 aromatic carbocycles. The lowest BCUT2D eigenvalue weighted by molar-refractivity contribution is 0.171. The third-order valence-corrected chi connectivity index (χ3v) is 2.83. The molecule has 102 valence electrons. The van der Waals surface area contributed by atoms with Crippen molar-refractivity contribution in [3.8, 4) is 0 Å². The number of nitrogens with zero attached hydrogens (tertiary/aromatic N) is 2. The Morgan fingerprint density at radius 1 is 1.44 bits per heavy atom. The van der Waals surface area contributed by atoms with Crippen LogP contribution in [-0.2, 0) is 4.74 Å². The van der Waals surface area contributed by atoms with Crippen LogP contribution in [-0.4, -0.2) is 36.3 Å². The van der Waals surface area contributed by atoms with Crippen LogP contribution in [0.5, 0.6) is 0 Å². The Bertz CT molecular complexity index is 373. The van der Waals surface area contributed by atoms with Crippen molar-refractivity contribution in [3.05, 3.63) is 11.2 Å². The second-order valence-electron chi connectivity index (χ2n) is 4.37. The number of hydrogen-bond donors (Lipinski definition) is 2. The highest BCUT2D eigenvalue weighted by molar-refractivity contribution is 6.32. The predicted octanol–water partition coefficient (Wildman–Crippen LogP) is 2.64. The number of ether oxygens (including phenoxy) is 1. The summed E-state index contributed by atoms with van der Waals surface area (Å²) in [6.45, 7) is 7.61. The van der Waals surface area contributed by atoms with Crippen LogP contribution >= 0.6 is 11.6 Å². The number of aromatic nitrogens is 2. The van der Waals surface area contributed by atoms with Crippen LogP contribution in [0.4, 0.5) is 11.8 Å². The van der Waals surface area contributed by atoms with Crippen molar-refractivity contribution in [2.24, 2.45) is 5.92 Å². The highest BCUT2D eigenvalue weighted by atomic mass is 35.5. The molecule has 0 amide bonds. The molecule has 0 aliphatic heterocycles. The number of hydrogen-bond acceptors (Lipinski definition) is 5. The van der Waals surface area contributed by atoms with E-state index in [0.29, 0.717) is 29.3 Å². The Kier molecular flexibility index (Phi) is 6.15. The molecule has 0 saturated heterocycles. The van der Waals surface area contributed by atoms with E-state index in [1.165, 1.54) is 0 Å².